The molecule has 0 aliphatic carbocycles. The third kappa shape index (κ3) is 3.43. The van der Waals surface area contributed by atoms with E-state index in [0.717, 1.165) is 0 Å². The normalized spacial score (nSPS) is 9.73. The number of methoxy groups -OCH3 is 1. The number of hydrogen-bond acceptors (Lipinski definition) is 3. The number of hydrogen-bond donors (Lipinski definition) is 1. The third-order valence-corrected chi connectivity index (χ3v) is 2.02. The molecule has 5 heteroatoms. The van der Waals surface area contributed by atoms with Crippen molar-refractivity contribution in [3.05, 3.63) is 23.8 Å². The van der Waals surface area contributed by atoms with E-state index < -0.39 is 5.97 Å². The molecule has 0 aliphatic heterocycles. The topological polar surface area (TPSA) is 55.8 Å². The smallest absolute Gasteiger partial charge is 0.307 e. The SMILES string of the molecule is COc1cc(CC(=O)O)ccc1OCBr. The standard InChI is InChI=1S/C10H11BrO4/c1-14-9-4-7(5-10(12)13)2-3-8(9)15-6-11/h2-4H,5-6H2,1H3,(H,12,13). The van der Waals surface area contributed by atoms with Gasteiger partial charge in [-0.3, -0.25) is 4.79 Å². The molecule has 0 bridgehead atoms. The molecule has 0 saturated carbocycles. The lowest BCUT2D eigenvalue weighted by molar-refractivity contribution is -0.136. The monoisotopic (exact) mass is 274 g/mol. The van der Waals surface area contributed by atoms with Crippen LogP contribution in [0.3, 0.4) is 0 Å². The molecule has 0 aromatic heterocycles. The van der Waals surface area contributed by atoms with Crippen LogP contribution in [-0.4, -0.2) is 23.7 Å². The summed E-state index contributed by atoms with van der Waals surface area (Å²) in [5.41, 5.74) is 1.04. The summed E-state index contributed by atoms with van der Waals surface area (Å²) >= 11 is 3.14. The zero-order valence-corrected chi connectivity index (χ0v) is 9.78. The van der Waals surface area contributed by atoms with E-state index in [4.69, 9.17) is 14.6 Å². The summed E-state index contributed by atoms with van der Waals surface area (Å²) in [6, 6.07) is 5.05. The van der Waals surface area contributed by atoms with Gasteiger partial charge in [0.15, 0.2) is 11.5 Å². The van der Waals surface area contributed by atoms with E-state index in [2.05, 4.69) is 15.9 Å². The number of benzene rings is 1. The first-order valence-electron chi connectivity index (χ1n) is 4.25. The van der Waals surface area contributed by atoms with E-state index in [1.807, 2.05) is 0 Å². The van der Waals surface area contributed by atoms with Gasteiger partial charge in [0.2, 0.25) is 0 Å². The van der Waals surface area contributed by atoms with Gasteiger partial charge in [0, 0.05) is 0 Å². The highest BCUT2D eigenvalue weighted by Crippen LogP contribution is 2.28. The summed E-state index contributed by atoms with van der Waals surface area (Å²) < 4.78 is 10.3. The minimum absolute atomic E-state index is 0.0229. The van der Waals surface area contributed by atoms with E-state index >= 15 is 0 Å². The third-order valence-electron chi connectivity index (χ3n) is 1.79. The highest BCUT2D eigenvalue weighted by molar-refractivity contribution is 9.09. The van der Waals surface area contributed by atoms with Gasteiger partial charge in [-0.25, -0.2) is 0 Å². The largest absolute Gasteiger partial charge is 0.493 e. The van der Waals surface area contributed by atoms with Gasteiger partial charge >= 0.3 is 5.97 Å². The number of alkyl halides is 1. The Morgan fingerprint density at radius 1 is 1.47 bits per heavy atom. The predicted molar refractivity (Wildman–Crippen MR) is 58.8 cm³/mol. The highest BCUT2D eigenvalue weighted by Gasteiger charge is 2.07. The Balaban J connectivity index is 2.91. The Bertz CT molecular complexity index is 351. The van der Waals surface area contributed by atoms with Crippen LogP contribution in [0.1, 0.15) is 5.56 Å². The second-order valence-electron chi connectivity index (χ2n) is 2.81. The van der Waals surface area contributed by atoms with Crippen molar-refractivity contribution >= 4 is 21.9 Å². The Morgan fingerprint density at radius 3 is 2.73 bits per heavy atom. The van der Waals surface area contributed by atoms with Gasteiger partial charge in [-0.05, 0) is 33.6 Å². The second-order valence-corrected chi connectivity index (χ2v) is 3.27. The van der Waals surface area contributed by atoms with Gasteiger partial charge in [0.25, 0.3) is 0 Å². The fourth-order valence-corrected chi connectivity index (χ4v) is 1.42. The van der Waals surface area contributed by atoms with Crippen molar-refractivity contribution in [1.82, 2.24) is 0 Å². The molecule has 15 heavy (non-hydrogen) atoms. The van der Waals surface area contributed by atoms with Crippen LogP contribution in [0.15, 0.2) is 18.2 Å². The molecule has 1 rings (SSSR count). The number of carboxylic acid groups (broad SMARTS) is 1. The van der Waals surface area contributed by atoms with Crippen molar-refractivity contribution in [1.29, 1.82) is 0 Å². The van der Waals surface area contributed by atoms with Gasteiger partial charge in [-0.15, -0.1) is 0 Å². The Morgan fingerprint density at radius 2 is 2.20 bits per heavy atom. The summed E-state index contributed by atoms with van der Waals surface area (Å²) in [6.45, 7) is 0. The molecule has 0 spiro atoms. The van der Waals surface area contributed by atoms with Crippen molar-refractivity contribution in [3.63, 3.8) is 0 Å². The van der Waals surface area contributed by atoms with Crippen LogP contribution in [0.25, 0.3) is 0 Å². The zero-order chi connectivity index (χ0) is 11.3. The molecule has 4 nitrogen and oxygen atoms in total. The minimum Gasteiger partial charge on any atom is -0.493 e. The molecule has 82 valence electrons. The lowest BCUT2D eigenvalue weighted by Crippen LogP contribution is -2.01. The van der Waals surface area contributed by atoms with Crippen LogP contribution in [0.4, 0.5) is 0 Å². The Kier molecular flexibility index (Phi) is 4.42. The molecule has 0 atom stereocenters. The molecule has 0 radical (unpaired) electrons. The van der Waals surface area contributed by atoms with Crippen molar-refractivity contribution in [3.8, 4) is 11.5 Å². The molecule has 0 unspecified atom stereocenters. The van der Waals surface area contributed by atoms with Gasteiger partial charge in [0.1, 0.15) is 5.52 Å². The maximum Gasteiger partial charge on any atom is 0.307 e. The lowest BCUT2D eigenvalue weighted by atomic mass is 10.1. The zero-order valence-electron chi connectivity index (χ0n) is 8.20. The number of carbonyl (C=O) groups is 1. The van der Waals surface area contributed by atoms with Crippen molar-refractivity contribution in [2.45, 2.75) is 6.42 Å². The van der Waals surface area contributed by atoms with E-state index in [-0.39, 0.29) is 6.42 Å². The summed E-state index contributed by atoms with van der Waals surface area (Å²) in [5.74, 6) is 0.253. The molecular weight excluding hydrogens is 264 g/mol. The molecule has 1 aromatic rings. The molecule has 0 aliphatic rings. The van der Waals surface area contributed by atoms with Crippen LogP contribution in [0.5, 0.6) is 11.5 Å². The molecule has 0 heterocycles. The van der Waals surface area contributed by atoms with Crippen molar-refractivity contribution < 1.29 is 19.4 Å². The van der Waals surface area contributed by atoms with Gasteiger partial charge in [0.05, 0.1) is 13.5 Å². The van der Waals surface area contributed by atoms with Crippen molar-refractivity contribution in [2.24, 2.45) is 0 Å². The van der Waals surface area contributed by atoms with E-state index in [1.54, 1.807) is 18.2 Å². The molecule has 0 amide bonds. The first kappa shape index (κ1) is 11.8. The van der Waals surface area contributed by atoms with E-state index in [1.165, 1.54) is 7.11 Å². The molecule has 1 aromatic carbocycles. The first-order valence-corrected chi connectivity index (χ1v) is 5.37. The highest BCUT2D eigenvalue weighted by atomic mass is 79.9. The van der Waals surface area contributed by atoms with Gasteiger partial charge in [-0.2, -0.15) is 0 Å². The van der Waals surface area contributed by atoms with E-state index in [9.17, 15) is 4.79 Å². The number of aliphatic carboxylic acids is 1. The van der Waals surface area contributed by atoms with Crippen LogP contribution in [-0.2, 0) is 11.2 Å². The fraction of sp³-hybridized carbons (Fsp3) is 0.300. The van der Waals surface area contributed by atoms with Crippen molar-refractivity contribution in [2.75, 3.05) is 12.6 Å². The average Bonchev–Trinajstić information content (AvgIpc) is 2.20. The van der Waals surface area contributed by atoms with Gasteiger partial charge < -0.3 is 14.6 Å². The number of halogens is 1. The average molecular weight is 275 g/mol. The quantitative estimate of drug-likeness (QED) is 0.835. The maximum atomic E-state index is 10.5. The van der Waals surface area contributed by atoms with E-state index in [0.29, 0.717) is 22.6 Å². The summed E-state index contributed by atoms with van der Waals surface area (Å²) in [4.78, 5) is 10.5. The number of ether oxygens (including phenoxy) is 2. The van der Waals surface area contributed by atoms with Crippen LogP contribution < -0.4 is 9.47 Å². The molecule has 0 saturated heterocycles. The Hall–Kier alpha value is -1.23. The summed E-state index contributed by atoms with van der Waals surface area (Å²) in [5, 5.41) is 8.62. The van der Waals surface area contributed by atoms with Crippen LogP contribution >= 0.6 is 15.9 Å². The molecular formula is C10H11BrO4. The minimum atomic E-state index is -0.869. The second kappa shape index (κ2) is 5.60. The molecule has 0 fully saturated rings. The molecule has 1 N–H and O–H groups in total. The van der Waals surface area contributed by atoms with Gasteiger partial charge in [-0.1, -0.05) is 6.07 Å². The number of carboxylic acids is 1. The summed E-state index contributed by atoms with van der Waals surface area (Å²) in [6.07, 6.45) is -0.0229. The first-order chi connectivity index (χ1) is 7.17. The van der Waals surface area contributed by atoms with Crippen LogP contribution in [0, 0.1) is 0 Å². The predicted octanol–water partition coefficient (Wildman–Crippen LogP) is 2.05. The number of rotatable bonds is 5. The maximum absolute atomic E-state index is 10.5. The summed E-state index contributed by atoms with van der Waals surface area (Å²) in [7, 11) is 1.51. The lowest BCUT2D eigenvalue weighted by Gasteiger charge is -2.09. The fourth-order valence-electron chi connectivity index (χ4n) is 1.17. The van der Waals surface area contributed by atoms with Crippen LogP contribution in [0.2, 0.25) is 0 Å². The Labute approximate surface area is 95.9 Å².